The molecule has 0 spiro atoms. The van der Waals surface area contributed by atoms with Gasteiger partial charge in [0.2, 0.25) is 5.95 Å². The number of anilines is 2. The monoisotopic (exact) mass is 350 g/mol. The van der Waals surface area contributed by atoms with Gasteiger partial charge in [-0.1, -0.05) is 23.8 Å². The van der Waals surface area contributed by atoms with Crippen LogP contribution in [0.25, 0.3) is 0 Å². The predicted octanol–water partition coefficient (Wildman–Crippen LogP) is 4.46. The first-order valence-electron chi connectivity index (χ1n) is 9.25. The van der Waals surface area contributed by atoms with Crippen LogP contribution in [-0.4, -0.2) is 22.4 Å². The zero-order valence-corrected chi connectivity index (χ0v) is 15.5. The molecule has 1 aromatic heterocycles. The maximum absolute atomic E-state index is 12.2. The van der Waals surface area contributed by atoms with Crippen LogP contribution >= 0.6 is 0 Å². The molecule has 0 fully saturated rings. The molecule has 2 aromatic rings. The lowest BCUT2D eigenvalue weighted by atomic mass is 9.97. The van der Waals surface area contributed by atoms with Crippen molar-refractivity contribution in [2.24, 2.45) is 0 Å². The Morgan fingerprint density at radius 3 is 2.69 bits per heavy atom. The van der Waals surface area contributed by atoms with E-state index in [9.17, 15) is 4.79 Å². The number of carbonyl (C=O) groups excluding carboxylic acids is 1. The Labute approximate surface area is 155 Å². The van der Waals surface area contributed by atoms with Crippen molar-refractivity contribution in [3.8, 4) is 0 Å². The van der Waals surface area contributed by atoms with Gasteiger partial charge in [-0.3, -0.25) is 4.79 Å². The summed E-state index contributed by atoms with van der Waals surface area (Å²) in [4.78, 5) is 20.8. The summed E-state index contributed by atoms with van der Waals surface area (Å²) in [5.41, 5.74) is 5.28. The summed E-state index contributed by atoms with van der Waals surface area (Å²) in [5.74, 6) is 0.363. The number of allylic oxidation sites excluding steroid dienone is 1. The summed E-state index contributed by atoms with van der Waals surface area (Å²) in [5, 5.41) is 6.16. The van der Waals surface area contributed by atoms with Crippen molar-refractivity contribution in [3.63, 3.8) is 0 Å². The highest BCUT2D eigenvalue weighted by molar-refractivity contribution is 5.93. The van der Waals surface area contributed by atoms with E-state index in [0.29, 0.717) is 18.1 Å². The van der Waals surface area contributed by atoms with Crippen molar-refractivity contribution in [2.45, 2.75) is 46.0 Å². The molecule has 0 atom stereocenters. The van der Waals surface area contributed by atoms with Gasteiger partial charge in [-0.25, -0.2) is 9.97 Å². The van der Waals surface area contributed by atoms with Crippen LogP contribution in [0.15, 0.2) is 42.2 Å². The molecule has 1 amide bonds. The van der Waals surface area contributed by atoms with Crippen molar-refractivity contribution in [3.05, 3.63) is 58.9 Å². The maximum Gasteiger partial charge on any atom is 0.254 e. The van der Waals surface area contributed by atoms with Crippen LogP contribution in [-0.2, 0) is 0 Å². The highest BCUT2D eigenvalue weighted by atomic mass is 16.1. The Hall–Kier alpha value is -2.69. The molecule has 1 aromatic carbocycles. The molecule has 0 radical (unpaired) electrons. The molecule has 1 aliphatic rings. The van der Waals surface area contributed by atoms with Gasteiger partial charge in [0.05, 0.1) is 5.56 Å². The Kier molecular flexibility index (Phi) is 6.00. The first-order valence-corrected chi connectivity index (χ1v) is 9.25. The Morgan fingerprint density at radius 1 is 1.15 bits per heavy atom. The number of aryl methyl sites for hydroxylation is 1. The van der Waals surface area contributed by atoms with Crippen LogP contribution in [0.4, 0.5) is 11.6 Å². The third-order valence-corrected chi connectivity index (χ3v) is 4.88. The van der Waals surface area contributed by atoms with E-state index in [1.54, 1.807) is 12.4 Å². The van der Waals surface area contributed by atoms with Crippen molar-refractivity contribution in [1.82, 2.24) is 15.3 Å². The van der Waals surface area contributed by atoms with E-state index in [0.717, 1.165) is 24.1 Å². The van der Waals surface area contributed by atoms with Crippen molar-refractivity contribution in [2.75, 3.05) is 11.9 Å². The molecule has 0 unspecified atom stereocenters. The molecule has 0 saturated heterocycles. The molecule has 5 nitrogen and oxygen atoms in total. The zero-order valence-electron chi connectivity index (χ0n) is 15.5. The van der Waals surface area contributed by atoms with E-state index in [2.05, 4.69) is 46.6 Å². The SMILES string of the molecule is Cc1cccc(Nc2ncc(C(=O)NCCC3=CCCCC3)cn2)c1C. The van der Waals surface area contributed by atoms with Gasteiger partial charge < -0.3 is 10.6 Å². The number of aromatic nitrogens is 2. The molecule has 136 valence electrons. The first-order chi connectivity index (χ1) is 12.6. The lowest BCUT2D eigenvalue weighted by Gasteiger charge is -2.13. The van der Waals surface area contributed by atoms with Gasteiger partial charge in [-0.05, 0) is 63.1 Å². The average Bonchev–Trinajstić information content (AvgIpc) is 2.67. The average molecular weight is 350 g/mol. The summed E-state index contributed by atoms with van der Waals surface area (Å²) in [6.45, 7) is 4.78. The number of rotatable bonds is 6. The van der Waals surface area contributed by atoms with Crippen molar-refractivity contribution in [1.29, 1.82) is 0 Å². The van der Waals surface area contributed by atoms with Crippen LogP contribution in [0, 0.1) is 13.8 Å². The highest BCUT2D eigenvalue weighted by Gasteiger charge is 2.09. The molecule has 1 heterocycles. The largest absolute Gasteiger partial charge is 0.352 e. The highest BCUT2D eigenvalue weighted by Crippen LogP contribution is 2.21. The van der Waals surface area contributed by atoms with Crippen LogP contribution < -0.4 is 10.6 Å². The lowest BCUT2D eigenvalue weighted by Crippen LogP contribution is -2.25. The van der Waals surface area contributed by atoms with Crippen LogP contribution in [0.1, 0.15) is 53.6 Å². The summed E-state index contributed by atoms with van der Waals surface area (Å²) in [6, 6.07) is 6.05. The summed E-state index contributed by atoms with van der Waals surface area (Å²) >= 11 is 0. The quantitative estimate of drug-likeness (QED) is 0.755. The number of carbonyl (C=O) groups is 1. The molecule has 26 heavy (non-hydrogen) atoms. The Morgan fingerprint density at radius 2 is 1.96 bits per heavy atom. The Bertz CT molecular complexity index is 796. The lowest BCUT2D eigenvalue weighted by molar-refractivity contribution is 0.0953. The fourth-order valence-corrected chi connectivity index (χ4v) is 3.09. The molecule has 3 rings (SSSR count). The molecule has 0 bridgehead atoms. The van der Waals surface area contributed by atoms with Gasteiger partial charge in [-0.2, -0.15) is 0 Å². The first kappa shape index (κ1) is 18.1. The number of hydrogen-bond donors (Lipinski definition) is 2. The van der Waals surface area contributed by atoms with Gasteiger partial charge in [0.25, 0.3) is 5.91 Å². The van der Waals surface area contributed by atoms with E-state index in [-0.39, 0.29) is 5.91 Å². The number of hydrogen-bond acceptors (Lipinski definition) is 4. The summed E-state index contributed by atoms with van der Waals surface area (Å²) in [6.07, 6.45) is 11.3. The molecule has 2 N–H and O–H groups in total. The van der Waals surface area contributed by atoms with E-state index in [1.807, 2.05) is 12.1 Å². The van der Waals surface area contributed by atoms with Gasteiger partial charge in [0, 0.05) is 24.6 Å². The van der Waals surface area contributed by atoms with E-state index >= 15 is 0 Å². The fraction of sp³-hybridized carbons (Fsp3) is 0.381. The molecule has 0 saturated carbocycles. The van der Waals surface area contributed by atoms with Crippen LogP contribution in [0.3, 0.4) is 0 Å². The van der Waals surface area contributed by atoms with Crippen LogP contribution in [0.5, 0.6) is 0 Å². The number of benzene rings is 1. The molecular formula is C21H26N4O. The zero-order chi connectivity index (χ0) is 18.4. The summed E-state index contributed by atoms with van der Waals surface area (Å²) in [7, 11) is 0. The minimum absolute atomic E-state index is 0.125. The third-order valence-electron chi connectivity index (χ3n) is 4.88. The van der Waals surface area contributed by atoms with Gasteiger partial charge in [-0.15, -0.1) is 0 Å². The topological polar surface area (TPSA) is 66.9 Å². The summed E-state index contributed by atoms with van der Waals surface area (Å²) < 4.78 is 0. The van der Waals surface area contributed by atoms with Gasteiger partial charge in [0.1, 0.15) is 0 Å². The second-order valence-electron chi connectivity index (χ2n) is 6.78. The van der Waals surface area contributed by atoms with Crippen LogP contribution in [0.2, 0.25) is 0 Å². The smallest absolute Gasteiger partial charge is 0.254 e. The third kappa shape index (κ3) is 4.69. The molecule has 5 heteroatoms. The minimum Gasteiger partial charge on any atom is -0.352 e. The fourth-order valence-electron chi connectivity index (χ4n) is 3.09. The van der Waals surface area contributed by atoms with E-state index in [4.69, 9.17) is 0 Å². The molecule has 0 aliphatic heterocycles. The maximum atomic E-state index is 12.2. The molecular weight excluding hydrogens is 324 g/mol. The molecule has 1 aliphatic carbocycles. The predicted molar refractivity (Wildman–Crippen MR) is 105 cm³/mol. The number of amides is 1. The standard InChI is InChI=1S/C21H26N4O/c1-15-7-6-10-19(16(15)2)25-21-23-13-18(14-24-21)20(26)22-12-11-17-8-4-3-5-9-17/h6-8,10,13-14H,3-5,9,11-12H2,1-2H3,(H,22,26)(H,23,24,25). The van der Waals surface area contributed by atoms with Gasteiger partial charge in [0.15, 0.2) is 0 Å². The van der Waals surface area contributed by atoms with E-state index < -0.39 is 0 Å². The Balaban J connectivity index is 1.54. The number of nitrogens with zero attached hydrogens (tertiary/aromatic N) is 2. The normalized spacial score (nSPS) is 13.8. The van der Waals surface area contributed by atoms with Crippen molar-refractivity contribution >= 4 is 17.5 Å². The second-order valence-corrected chi connectivity index (χ2v) is 6.78. The van der Waals surface area contributed by atoms with E-state index in [1.165, 1.54) is 30.4 Å². The second kappa shape index (κ2) is 8.61. The van der Waals surface area contributed by atoms with Crippen molar-refractivity contribution < 1.29 is 4.79 Å². The van der Waals surface area contributed by atoms with Gasteiger partial charge >= 0.3 is 0 Å². The minimum atomic E-state index is -0.125. The number of nitrogens with one attached hydrogen (secondary N) is 2.